The lowest BCUT2D eigenvalue weighted by molar-refractivity contribution is -0.121. The van der Waals surface area contributed by atoms with Gasteiger partial charge >= 0.3 is 0 Å². The van der Waals surface area contributed by atoms with Gasteiger partial charge in [0.1, 0.15) is 0 Å². The highest BCUT2D eigenvalue weighted by Crippen LogP contribution is 2.28. The minimum atomic E-state index is -0.303. The predicted molar refractivity (Wildman–Crippen MR) is 84.7 cm³/mol. The average Bonchev–Trinajstić information content (AvgIpc) is 2.52. The summed E-state index contributed by atoms with van der Waals surface area (Å²) >= 11 is 0. The maximum atomic E-state index is 12.4. The van der Waals surface area contributed by atoms with E-state index in [1.807, 2.05) is 19.9 Å². The number of ketones is 2. The third kappa shape index (κ3) is 3.53. The molecule has 0 spiro atoms. The Morgan fingerprint density at radius 1 is 1.18 bits per heavy atom. The number of rotatable bonds is 7. The van der Waals surface area contributed by atoms with Crippen LogP contribution in [0.3, 0.4) is 0 Å². The summed E-state index contributed by atoms with van der Waals surface area (Å²) in [6, 6.07) is 0. The Morgan fingerprint density at radius 2 is 1.73 bits per heavy atom. The summed E-state index contributed by atoms with van der Waals surface area (Å²) in [7, 11) is 2.70. The van der Waals surface area contributed by atoms with Crippen LogP contribution < -0.4 is 0 Å². The number of nitrogens with one attached hydrogen (secondary N) is 1. The molecule has 5 heteroatoms. The predicted octanol–water partition coefficient (Wildman–Crippen LogP) is 2.97. The second-order valence-corrected chi connectivity index (χ2v) is 5.27. The van der Waals surface area contributed by atoms with Gasteiger partial charge in [0.05, 0.1) is 14.2 Å². The van der Waals surface area contributed by atoms with Crippen molar-refractivity contribution in [3.63, 3.8) is 0 Å². The molecule has 0 aromatic heterocycles. The first-order chi connectivity index (χ1) is 10.4. The number of hydrogen-bond donors (Lipinski definition) is 1. The molecule has 0 aromatic rings. The molecule has 0 amide bonds. The van der Waals surface area contributed by atoms with Crippen molar-refractivity contribution in [1.82, 2.24) is 0 Å². The minimum Gasteiger partial charge on any atom is -0.489 e. The lowest BCUT2D eigenvalue weighted by atomic mass is 9.89. The maximum Gasteiger partial charge on any atom is 0.228 e. The highest BCUT2D eigenvalue weighted by molar-refractivity contribution is 6.23. The van der Waals surface area contributed by atoms with Crippen LogP contribution in [0.15, 0.2) is 34.3 Å². The second kappa shape index (κ2) is 7.73. The molecule has 120 valence electrons. The summed E-state index contributed by atoms with van der Waals surface area (Å²) < 4.78 is 10.0. The van der Waals surface area contributed by atoms with Gasteiger partial charge in [0, 0.05) is 23.3 Å². The van der Waals surface area contributed by atoms with E-state index < -0.39 is 0 Å². The normalized spacial score (nSPS) is 17.8. The standard InChI is InChI=1S/C17H23NO4/c1-10(11(2)9-18)7-6-8-13-12(3)14(19)16(21-4)17(22-5)15(13)20/h7,9,11,18H,6,8H2,1-5H3/b10-7+,18-9?. The zero-order valence-corrected chi connectivity index (χ0v) is 13.8. The highest BCUT2D eigenvalue weighted by atomic mass is 16.5. The first kappa shape index (κ1) is 17.9. The zero-order chi connectivity index (χ0) is 16.9. The first-order valence-electron chi connectivity index (χ1n) is 7.17. The quantitative estimate of drug-likeness (QED) is 0.445. The van der Waals surface area contributed by atoms with Crippen LogP contribution in [0.5, 0.6) is 0 Å². The summed E-state index contributed by atoms with van der Waals surface area (Å²) in [6.07, 6.45) is 4.47. The highest BCUT2D eigenvalue weighted by Gasteiger charge is 2.34. The van der Waals surface area contributed by atoms with Crippen LogP contribution in [0.2, 0.25) is 0 Å². The van der Waals surface area contributed by atoms with E-state index in [1.165, 1.54) is 20.4 Å². The van der Waals surface area contributed by atoms with Gasteiger partial charge < -0.3 is 14.9 Å². The fourth-order valence-electron chi connectivity index (χ4n) is 2.25. The Hall–Kier alpha value is -2.17. The molecule has 1 aliphatic rings. The Balaban J connectivity index is 2.96. The van der Waals surface area contributed by atoms with Gasteiger partial charge in [-0.1, -0.05) is 18.6 Å². The Bertz CT molecular complexity index is 581. The van der Waals surface area contributed by atoms with Gasteiger partial charge in [-0.15, -0.1) is 0 Å². The number of allylic oxidation sites excluding steroid dienone is 4. The van der Waals surface area contributed by atoms with E-state index >= 15 is 0 Å². The summed E-state index contributed by atoms with van der Waals surface area (Å²) in [5.41, 5.74) is 1.95. The molecule has 0 saturated carbocycles. The van der Waals surface area contributed by atoms with Gasteiger partial charge in [0.25, 0.3) is 0 Å². The third-order valence-corrected chi connectivity index (χ3v) is 3.92. The monoisotopic (exact) mass is 305 g/mol. The molecule has 1 unspecified atom stereocenters. The van der Waals surface area contributed by atoms with Gasteiger partial charge in [-0.05, 0) is 26.7 Å². The zero-order valence-electron chi connectivity index (χ0n) is 13.8. The number of methoxy groups -OCH3 is 2. The maximum absolute atomic E-state index is 12.4. The summed E-state index contributed by atoms with van der Waals surface area (Å²) in [5, 5.41) is 7.25. The van der Waals surface area contributed by atoms with Crippen molar-refractivity contribution < 1.29 is 19.1 Å². The van der Waals surface area contributed by atoms with E-state index in [9.17, 15) is 9.59 Å². The van der Waals surface area contributed by atoms with E-state index in [1.54, 1.807) is 6.92 Å². The van der Waals surface area contributed by atoms with Crippen molar-refractivity contribution in [1.29, 1.82) is 5.41 Å². The van der Waals surface area contributed by atoms with Crippen molar-refractivity contribution in [3.05, 3.63) is 34.3 Å². The molecule has 0 bridgehead atoms. The smallest absolute Gasteiger partial charge is 0.228 e. The van der Waals surface area contributed by atoms with Crippen molar-refractivity contribution in [2.75, 3.05) is 14.2 Å². The number of carbonyl (C=O) groups is 2. The van der Waals surface area contributed by atoms with Gasteiger partial charge in [0.15, 0.2) is 0 Å². The molecule has 5 nitrogen and oxygen atoms in total. The molecule has 0 heterocycles. The molecule has 0 fully saturated rings. The van der Waals surface area contributed by atoms with E-state index in [0.717, 1.165) is 5.57 Å². The Morgan fingerprint density at radius 3 is 2.23 bits per heavy atom. The Labute approximate surface area is 131 Å². The van der Waals surface area contributed by atoms with Crippen molar-refractivity contribution in [2.45, 2.75) is 33.6 Å². The van der Waals surface area contributed by atoms with Crippen molar-refractivity contribution in [3.8, 4) is 0 Å². The molecule has 1 atom stereocenters. The third-order valence-electron chi connectivity index (χ3n) is 3.92. The number of ether oxygens (including phenoxy) is 2. The van der Waals surface area contributed by atoms with E-state index in [0.29, 0.717) is 24.0 Å². The minimum absolute atomic E-state index is 0.0262. The second-order valence-electron chi connectivity index (χ2n) is 5.27. The molecule has 1 N–H and O–H groups in total. The van der Waals surface area contributed by atoms with Crippen LogP contribution in [0.1, 0.15) is 33.6 Å². The largest absolute Gasteiger partial charge is 0.489 e. The van der Waals surface area contributed by atoms with E-state index in [2.05, 4.69) is 0 Å². The van der Waals surface area contributed by atoms with Crippen LogP contribution in [0.4, 0.5) is 0 Å². The molecule has 1 aliphatic carbocycles. The van der Waals surface area contributed by atoms with Gasteiger partial charge in [-0.2, -0.15) is 0 Å². The van der Waals surface area contributed by atoms with Crippen LogP contribution >= 0.6 is 0 Å². The molecule has 0 aromatic carbocycles. The van der Waals surface area contributed by atoms with E-state index in [4.69, 9.17) is 14.9 Å². The lowest BCUT2D eigenvalue weighted by Gasteiger charge is -2.20. The molecule has 0 radical (unpaired) electrons. The fourth-order valence-corrected chi connectivity index (χ4v) is 2.25. The lowest BCUT2D eigenvalue weighted by Crippen LogP contribution is -2.25. The van der Waals surface area contributed by atoms with Crippen LogP contribution in [-0.4, -0.2) is 32.0 Å². The average molecular weight is 305 g/mol. The van der Waals surface area contributed by atoms with Crippen LogP contribution in [0, 0.1) is 11.3 Å². The fraction of sp³-hybridized carbons (Fsp3) is 0.471. The van der Waals surface area contributed by atoms with Gasteiger partial charge in [-0.25, -0.2) is 0 Å². The molecule has 1 rings (SSSR count). The SMILES string of the molecule is COC1=C(OC)C(=O)C(CC/C=C(\C)C(C)C=N)=C(C)C1=O. The molecular weight excluding hydrogens is 282 g/mol. The van der Waals surface area contributed by atoms with E-state index in [-0.39, 0.29) is 29.0 Å². The summed E-state index contributed by atoms with van der Waals surface area (Å²) in [6.45, 7) is 5.53. The number of hydrogen-bond acceptors (Lipinski definition) is 5. The molecular formula is C17H23NO4. The topological polar surface area (TPSA) is 76.5 Å². The van der Waals surface area contributed by atoms with Gasteiger partial charge in [-0.3, -0.25) is 9.59 Å². The van der Waals surface area contributed by atoms with Gasteiger partial charge in [0.2, 0.25) is 23.1 Å². The molecule has 0 aliphatic heterocycles. The first-order valence-corrected chi connectivity index (χ1v) is 7.17. The summed E-state index contributed by atoms with van der Waals surface area (Å²) in [4.78, 5) is 24.6. The van der Waals surface area contributed by atoms with Crippen LogP contribution in [-0.2, 0) is 19.1 Å². The molecule has 22 heavy (non-hydrogen) atoms. The van der Waals surface area contributed by atoms with Crippen molar-refractivity contribution >= 4 is 17.8 Å². The number of Topliss-reactive ketones (excluding diaryl/α,β-unsaturated/α-hetero) is 2. The Kier molecular flexibility index (Phi) is 6.28. The van der Waals surface area contributed by atoms with Crippen LogP contribution in [0.25, 0.3) is 0 Å². The molecule has 0 saturated heterocycles. The summed E-state index contributed by atoms with van der Waals surface area (Å²) in [5.74, 6) is -0.571. The van der Waals surface area contributed by atoms with Crippen molar-refractivity contribution in [2.24, 2.45) is 5.92 Å². The number of carbonyl (C=O) groups excluding carboxylic acids is 2.